The quantitative estimate of drug-likeness (QED) is 0.942. The number of nitrogens with zero attached hydrogens (tertiary/aromatic N) is 2. The zero-order valence-corrected chi connectivity index (χ0v) is 11.9. The SMILES string of the molecule is CNC(C)(C)c1cncn1-c1ccc(OC(F)(F)F)cc1. The monoisotopic (exact) mass is 299 g/mol. The first kappa shape index (κ1) is 15.4. The zero-order valence-electron chi connectivity index (χ0n) is 11.9. The van der Waals surface area contributed by atoms with Crippen molar-refractivity contribution in [2.75, 3.05) is 7.05 Å². The number of benzene rings is 1. The van der Waals surface area contributed by atoms with Crippen LogP contribution in [-0.4, -0.2) is 23.0 Å². The molecule has 0 bridgehead atoms. The number of imidazole rings is 1. The Bertz CT molecular complexity index is 603. The minimum atomic E-state index is -4.68. The third-order valence-electron chi connectivity index (χ3n) is 3.25. The number of alkyl halides is 3. The second kappa shape index (κ2) is 5.40. The molecule has 1 aromatic carbocycles. The fourth-order valence-electron chi connectivity index (χ4n) is 1.90. The van der Waals surface area contributed by atoms with Crippen molar-refractivity contribution in [3.8, 4) is 11.4 Å². The van der Waals surface area contributed by atoms with Crippen LogP contribution < -0.4 is 10.1 Å². The van der Waals surface area contributed by atoms with Crippen molar-refractivity contribution in [2.45, 2.75) is 25.7 Å². The van der Waals surface area contributed by atoms with Gasteiger partial charge in [0.2, 0.25) is 0 Å². The van der Waals surface area contributed by atoms with Crippen molar-refractivity contribution < 1.29 is 17.9 Å². The molecule has 0 unspecified atom stereocenters. The number of halogens is 3. The molecule has 7 heteroatoms. The van der Waals surface area contributed by atoms with E-state index in [0.717, 1.165) is 5.69 Å². The number of hydrogen-bond acceptors (Lipinski definition) is 3. The molecule has 1 aromatic heterocycles. The van der Waals surface area contributed by atoms with Gasteiger partial charge in [-0.3, -0.25) is 0 Å². The summed E-state index contributed by atoms with van der Waals surface area (Å²) >= 11 is 0. The van der Waals surface area contributed by atoms with Gasteiger partial charge in [-0.25, -0.2) is 4.98 Å². The maximum Gasteiger partial charge on any atom is 0.573 e. The van der Waals surface area contributed by atoms with E-state index in [1.54, 1.807) is 24.7 Å². The highest BCUT2D eigenvalue weighted by molar-refractivity contribution is 5.39. The topological polar surface area (TPSA) is 39.1 Å². The number of aromatic nitrogens is 2. The molecule has 0 spiro atoms. The summed E-state index contributed by atoms with van der Waals surface area (Å²) in [6.45, 7) is 3.98. The maximum absolute atomic E-state index is 12.1. The number of ether oxygens (including phenoxy) is 1. The Kier molecular flexibility index (Phi) is 3.95. The van der Waals surface area contributed by atoms with E-state index in [9.17, 15) is 13.2 Å². The van der Waals surface area contributed by atoms with Gasteiger partial charge in [0.05, 0.1) is 23.8 Å². The third-order valence-corrected chi connectivity index (χ3v) is 3.25. The predicted molar refractivity (Wildman–Crippen MR) is 72.3 cm³/mol. The molecule has 1 heterocycles. The van der Waals surface area contributed by atoms with Crippen LogP contribution in [0.1, 0.15) is 19.5 Å². The van der Waals surface area contributed by atoms with Gasteiger partial charge in [0.1, 0.15) is 5.75 Å². The molecule has 0 saturated heterocycles. The Morgan fingerprint density at radius 2 is 1.76 bits per heavy atom. The minimum Gasteiger partial charge on any atom is -0.406 e. The second-order valence-electron chi connectivity index (χ2n) is 5.07. The lowest BCUT2D eigenvalue weighted by Gasteiger charge is -2.25. The van der Waals surface area contributed by atoms with Gasteiger partial charge in [0.15, 0.2) is 0 Å². The maximum atomic E-state index is 12.1. The summed E-state index contributed by atoms with van der Waals surface area (Å²) in [6, 6.07) is 5.66. The van der Waals surface area contributed by atoms with E-state index in [-0.39, 0.29) is 11.3 Å². The van der Waals surface area contributed by atoms with Crippen molar-refractivity contribution in [1.82, 2.24) is 14.9 Å². The molecule has 4 nitrogen and oxygen atoms in total. The molecule has 0 amide bonds. The molecular formula is C14H16F3N3O. The standard InChI is InChI=1S/C14H16F3N3O/c1-13(2,18-3)12-8-19-9-20(12)10-4-6-11(7-5-10)21-14(15,16)17/h4-9,18H,1-3H3. The molecule has 2 aromatic rings. The lowest BCUT2D eigenvalue weighted by atomic mass is 10.0. The first-order chi connectivity index (χ1) is 9.73. The molecule has 21 heavy (non-hydrogen) atoms. The van der Waals surface area contributed by atoms with Crippen LogP contribution in [0.4, 0.5) is 13.2 Å². The van der Waals surface area contributed by atoms with Crippen LogP contribution >= 0.6 is 0 Å². The Morgan fingerprint density at radius 1 is 1.14 bits per heavy atom. The van der Waals surface area contributed by atoms with Gasteiger partial charge in [-0.2, -0.15) is 0 Å². The van der Waals surface area contributed by atoms with Crippen molar-refractivity contribution in [1.29, 1.82) is 0 Å². The van der Waals surface area contributed by atoms with E-state index >= 15 is 0 Å². The fraction of sp³-hybridized carbons (Fsp3) is 0.357. The van der Waals surface area contributed by atoms with Gasteiger partial charge < -0.3 is 14.6 Å². The van der Waals surface area contributed by atoms with Gasteiger partial charge >= 0.3 is 6.36 Å². The highest BCUT2D eigenvalue weighted by Gasteiger charge is 2.31. The summed E-state index contributed by atoms with van der Waals surface area (Å²) in [7, 11) is 1.83. The van der Waals surface area contributed by atoms with Gasteiger partial charge in [-0.05, 0) is 45.2 Å². The van der Waals surface area contributed by atoms with Crippen LogP contribution in [0.25, 0.3) is 5.69 Å². The van der Waals surface area contributed by atoms with Gasteiger partial charge in [-0.15, -0.1) is 13.2 Å². The third kappa shape index (κ3) is 3.55. The molecule has 1 N–H and O–H groups in total. The van der Waals surface area contributed by atoms with Gasteiger partial charge in [-0.1, -0.05) is 0 Å². The number of rotatable bonds is 4. The summed E-state index contributed by atoms with van der Waals surface area (Å²) in [4.78, 5) is 4.11. The molecule has 0 aliphatic carbocycles. The fourth-order valence-corrected chi connectivity index (χ4v) is 1.90. The predicted octanol–water partition coefficient (Wildman–Crippen LogP) is 3.23. The average molecular weight is 299 g/mol. The van der Waals surface area contributed by atoms with Crippen LogP contribution in [0.15, 0.2) is 36.8 Å². The first-order valence-electron chi connectivity index (χ1n) is 6.31. The van der Waals surface area contributed by atoms with E-state index in [1.165, 1.54) is 12.1 Å². The molecule has 0 aliphatic heterocycles. The van der Waals surface area contributed by atoms with Crippen molar-refractivity contribution >= 4 is 0 Å². The van der Waals surface area contributed by atoms with Crippen molar-refractivity contribution in [2.24, 2.45) is 0 Å². The molecule has 0 radical (unpaired) electrons. The molecule has 0 saturated carbocycles. The number of hydrogen-bond donors (Lipinski definition) is 1. The highest BCUT2D eigenvalue weighted by atomic mass is 19.4. The van der Waals surface area contributed by atoms with E-state index in [0.29, 0.717) is 5.69 Å². The molecule has 2 rings (SSSR count). The summed E-state index contributed by atoms with van der Waals surface area (Å²) in [5.41, 5.74) is 1.28. The molecule has 114 valence electrons. The van der Waals surface area contributed by atoms with Crippen LogP contribution in [0.2, 0.25) is 0 Å². The van der Waals surface area contributed by atoms with Crippen LogP contribution in [-0.2, 0) is 5.54 Å². The van der Waals surface area contributed by atoms with Crippen molar-refractivity contribution in [3.63, 3.8) is 0 Å². The smallest absolute Gasteiger partial charge is 0.406 e. The van der Waals surface area contributed by atoms with Crippen molar-refractivity contribution in [3.05, 3.63) is 42.5 Å². The average Bonchev–Trinajstić information content (AvgIpc) is 2.88. The lowest BCUT2D eigenvalue weighted by Crippen LogP contribution is -2.35. The Hall–Kier alpha value is -2.02. The largest absolute Gasteiger partial charge is 0.573 e. The lowest BCUT2D eigenvalue weighted by molar-refractivity contribution is -0.274. The normalized spacial score (nSPS) is 12.5. The molecule has 0 fully saturated rings. The Balaban J connectivity index is 2.30. The van der Waals surface area contributed by atoms with Gasteiger partial charge in [0, 0.05) is 5.69 Å². The van der Waals surface area contributed by atoms with E-state index < -0.39 is 6.36 Å². The molecule has 0 aliphatic rings. The minimum absolute atomic E-state index is 0.249. The van der Waals surface area contributed by atoms with E-state index in [2.05, 4.69) is 15.0 Å². The first-order valence-corrected chi connectivity index (χ1v) is 6.31. The van der Waals surface area contributed by atoms with Crippen LogP contribution in [0.5, 0.6) is 5.75 Å². The second-order valence-corrected chi connectivity index (χ2v) is 5.07. The van der Waals surface area contributed by atoms with Crippen LogP contribution in [0, 0.1) is 0 Å². The highest BCUT2D eigenvalue weighted by Crippen LogP contribution is 2.26. The zero-order chi connectivity index (χ0) is 15.7. The summed E-state index contributed by atoms with van der Waals surface area (Å²) < 4.78 is 42.1. The van der Waals surface area contributed by atoms with Crippen LogP contribution in [0.3, 0.4) is 0 Å². The summed E-state index contributed by atoms with van der Waals surface area (Å²) in [5, 5.41) is 3.16. The Labute approximate surface area is 120 Å². The van der Waals surface area contributed by atoms with E-state index in [4.69, 9.17) is 0 Å². The molecular weight excluding hydrogens is 283 g/mol. The van der Waals surface area contributed by atoms with Gasteiger partial charge in [0.25, 0.3) is 0 Å². The Morgan fingerprint density at radius 3 is 2.29 bits per heavy atom. The van der Waals surface area contributed by atoms with E-state index in [1.807, 2.05) is 25.5 Å². The summed E-state index contributed by atoms with van der Waals surface area (Å²) in [6.07, 6.45) is -1.35. The number of nitrogens with one attached hydrogen (secondary N) is 1. The molecule has 0 atom stereocenters. The summed E-state index contributed by atoms with van der Waals surface area (Å²) in [5.74, 6) is -0.249.